The summed E-state index contributed by atoms with van der Waals surface area (Å²) in [6, 6.07) is 8.21. The molecule has 15 heavy (non-hydrogen) atoms. The molecule has 1 atom stereocenters. The van der Waals surface area contributed by atoms with Crippen molar-refractivity contribution < 1.29 is 0 Å². The topological polar surface area (TPSA) is 24.4 Å². The molecule has 2 nitrogen and oxygen atoms in total. The third-order valence-corrected chi connectivity index (χ3v) is 3.17. The van der Waals surface area contributed by atoms with E-state index >= 15 is 0 Å². The fourth-order valence-electron chi connectivity index (χ4n) is 1.94. The summed E-state index contributed by atoms with van der Waals surface area (Å²) in [5.74, 6) is 0. The molecule has 3 heteroatoms. The normalized spacial score (nSPS) is 23.5. The van der Waals surface area contributed by atoms with Crippen molar-refractivity contribution in [2.45, 2.75) is 19.9 Å². The molecule has 0 bridgehead atoms. The van der Waals surface area contributed by atoms with Gasteiger partial charge in [0.05, 0.1) is 12.4 Å². The van der Waals surface area contributed by atoms with Gasteiger partial charge in [-0.3, -0.25) is 4.99 Å². The van der Waals surface area contributed by atoms with Crippen molar-refractivity contribution in [3.8, 4) is 0 Å². The lowest BCUT2D eigenvalue weighted by Crippen LogP contribution is -2.39. The van der Waals surface area contributed by atoms with E-state index in [1.165, 1.54) is 0 Å². The van der Waals surface area contributed by atoms with Crippen LogP contribution in [0.1, 0.15) is 25.5 Å². The SMILES string of the molecule is CC1(C)CN=CNC1c1ccccc1Cl. The average molecular weight is 223 g/mol. The predicted molar refractivity (Wildman–Crippen MR) is 64.5 cm³/mol. The summed E-state index contributed by atoms with van der Waals surface area (Å²) >= 11 is 6.20. The second-order valence-electron chi connectivity index (χ2n) is 4.58. The van der Waals surface area contributed by atoms with E-state index in [0.29, 0.717) is 0 Å². The number of benzene rings is 1. The smallest absolute Gasteiger partial charge is 0.0829 e. The van der Waals surface area contributed by atoms with Gasteiger partial charge in [0.2, 0.25) is 0 Å². The molecule has 1 N–H and O–H groups in total. The molecule has 0 aliphatic carbocycles. The van der Waals surface area contributed by atoms with Gasteiger partial charge >= 0.3 is 0 Å². The van der Waals surface area contributed by atoms with Crippen LogP contribution < -0.4 is 5.32 Å². The first-order chi connectivity index (χ1) is 7.11. The Kier molecular flexibility index (Phi) is 2.70. The second kappa shape index (κ2) is 3.86. The van der Waals surface area contributed by atoms with Gasteiger partial charge in [0.15, 0.2) is 0 Å². The van der Waals surface area contributed by atoms with Gasteiger partial charge in [-0.15, -0.1) is 0 Å². The van der Waals surface area contributed by atoms with Gasteiger partial charge in [-0.05, 0) is 11.6 Å². The molecule has 1 heterocycles. The van der Waals surface area contributed by atoms with Gasteiger partial charge in [-0.25, -0.2) is 0 Å². The van der Waals surface area contributed by atoms with Gasteiger partial charge in [0.25, 0.3) is 0 Å². The summed E-state index contributed by atoms with van der Waals surface area (Å²) in [7, 11) is 0. The molecule has 1 aromatic carbocycles. The van der Waals surface area contributed by atoms with Crippen molar-refractivity contribution >= 4 is 17.9 Å². The molecule has 1 unspecified atom stereocenters. The first kappa shape index (κ1) is 10.5. The average Bonchev–Trinajstić information content (AvgIpc) is 2.19. The Morgan fingerprint density at radius 1 is 1.40 bits per heavy atom. The summed E-state index contributed by atoms with van der Waals surface area (Å²) in [4.78, 5) is 4.26. The molecule has 0 fully saturated rings. The molecule has 1 aliphatic heterocycles. The molecule has 0 aromatic heterocycles. The highest BCUT2D eigenvalue weighted by Gasteiger charge is 2.33. The Morgan fingerprint density at radius 2 is 2.13 bits per heavy atom. The minimum atomic E-state index is 0.0970. The fourth-order valence-corrected chi connectivity index (χ4v) is 2.19. The lowest BCUT2D eigenvalue weighted by molar-refractivity contribution is 0.270. The summed E-state index contributed by atoms with van der Waals surface area (Å²) < 4.78 is 0. The Balaban J connectivity index is 2.38. The van der Waals surface area contributed by atoms with Crippen LogP contribution in [0.3, 0.4) is 0 Å². The molecule has 0 spiro atoms. The van der Waals surface area contributed by atoms with Crippen LogP contribution in [-0.4, -0.2) is 12.9 Å². The molecule has 80 valence electrons. The Morgan fingerprint density at radius 3 is 2.80 bits per heavy atom. The minimum absolute atomic E-state index is 0.0970. The summed E-state index contributed by atoms with van der Waals surface area (Å²) in [5, 5.41) is 4.11. The minimum Gasteiger partial charge on any atom is -0.369 e. The standard InChI is InChI=1S/C12H15ClN2/c1-12(2)7-14-8-15-11(12)9-5-3-4-6-10(9)13/h3-6,8,11H,7H2,1-2H3,(H,14,15). The van der Waals surface area contributed by atoms with Crippen molar-refractivity contribution in [1.82, 2.24) is 5.32 Å². The van der Waals surface area contributed by atoms with E-state index in [4.69, 9.17) is 11.6 Å². The first-order valence-electron chi connectivity index (χ1n) is 5.10. The van der Waals surface area contributed by atoms with Crippen LogP contribution in [0.5, 0.6) is 0 Å². The number of aliphatic imine (C=N–C) groups is 1. The maximum Gasteiger partial charge on any atom is 0.0829 e. The van der Waals surface area contributed by atoms with E-state index in [-0.39, 0.29) is 11.5 Å². The number of nitrogens with zero attached hydrogens (tertiary/aromatic N) is 1. The van der Waals surface area contributed by atoms with Gasteiger partial charge in [0, 0.05) is 17.0 Å². The van der Waals surface area contributed by atoms with E-state index in [1.54, 1.807) is 6.34 Å². The highest BCUT2D eigenvalue weighted by molar-refractivity contribution is 6.31. The van der Waals surface area contributed by atoms with E-state index in [1.807, 2.05) is 18.2 Å². The van der Waals surface area contributed by atoms with Gasteiger partial charge in [0.1, 0.15) is 0 Å². The molecule has 2 rings (SSSR count). The largest absolute Gasteiger partial charge is 0.369 e. The van der Waals surface area contributed by atoms with Crippen LogP contribution in [0.2, 0.25) is 5.02 Å². The van der Waals surface area contributed by atoms with Gasteiger partial charge in [-0.1, -0.05) is 43.6 Å². The van der Waals surface area contributed by atoms with Crippen molar-refractivity contribution in [2.75, 3.05) is 6.54 Å². The Bertz CT molecular complexity index is 385. The Labute approximate surface area is 95.4 Å². The van der Waals surface area contributed by atoms with Crippen molar-refractivity contribution in [3.05, 3.63) is 34.9 Å². The third-order valence-electron chi connectivity index (χ3n) is 2.83. The zero-order valence-corrected chi connectivity index (χ0v) is 9.75. The summed E-state index contributed by atoms with van der Waals surface area (Å²) in [6.45, 7) is 5.23. The van der Waals surface area contributed by atoms with E-state index in [2.05, 4.69) is 30.2 Å². The Hall–Kier alpha value is -1.02. The monoisotopic (exact) mass is 222 g/mol. The van der Waals surface area contributed by atoms with Crippen LogP contribution in [0.4, 0.5) is 0 Å². The van der Waals surface area contributed by atoms with Crippen molar-refractivity contribution in [2.24, 2.45) is 10.4 Å². The van der Waals surface area contributed by atoms with Crippen LogP contribution in [0, 0.1) is 5.41 Å². The number of hydrogen-bond acceptors (Lipinski definition) is 2. The highest BCUT2D eigenvalue weighted by Crippen LogP contribution is 2.37. The summed E-state index contributed by atoms with van der Waals surface area (Å²) in [6.07, 6.45) is 1.78. The molecule has 1 aromatic rings. The van der Waals surface area contributed by atoms with Gasteiger partial charge in [-0.2, -0.15) is 0 Å². The van der Waals surface area contributed by atoms with Crippen molar-refractivity contribution in [1.29, 1.82) is 0 Å². The molecule has 0 amide bonds. The number of hydrogen-bond donors (Lipinski definition) is 1. The lowest BCUT2D eigenvalue weighted by atomic mass is 9.80. The van der Waals surface area contributed by atoms with Crippen LogP contribution in [0.15, 0.2) is 29.3 Å². The van der Waals surface area contributed by atoms with Gasteiger partial charge < -0.3 is 5.32 Å². The molecular formula is C12H15ClN2. The van der Waals surface area contributed by atoms with Crippen LogP contribution in [0.25, 0.3) is 0 Å². The predicted octanol–water partition coefficient (Wildman–Crippen LogP) is 3.04. The third kappa shape index (κ3) is 2.00. The lowest BCUT2D eigenvalue weighted by Gasteiger charge is -2.36. The zero-order chi connectivity index (χ0) is 10.9. The summed E-state index contributed by atoms with van der Waals surface area (Å²) in [5.41, 5.74) is 1.25. The molecular weight excluding hydrogens is 208 g/mol. The molecule has 0 saturated heterocycles. The molecule has 0 radical (unpaired) electrons. The second-order valence-corrected chi connectivity index (χ2v) is 4.99. The van der Waals surface area contributed by atoms with Crippen LogP contribution >= 0.6 is 11.6 Å². The quantitative estimate of drug-likeness (QED) is 0.776. The molecule has 1 aliphatic rings. The number of nitrogens with one attached hydrogen (secondary N) is 1. The number of halogens is 1. The maximum atomic E-state index is 6.20. The van der Waals surface area contributed by atoms with E-state index < -0.39 is 0 Å². The zero-order valence-electron chi connectivity index (χ0n) is 9.00. The van der Waals surface area contributed by atoms with E-state index in [9.17, 15) is 0 Å². The number of rotatable bonds is 1. The first-order valence-corrected chi connectivity index (χ1v) is 5.48. The fraction of sp³-hybridized carbons (Fsp3) is 0.417. The molecule has 0 saturated carbocycles. The maximum absolute atomic E-state index is 6.20. The highest BCUT2D eigenvalue weighted by atomic mass is 35.5. The van der Waals surface area contributed by atoms with E-state index in [0.717, 1.165) is 17.1 Å². The van der Waals surface area contributed by atoms with Crippen LogP contribution in [-0.2, 0) is 0 Å². The van der Waals surface area contributed by atoms with Crippen molar-refractivity contribution in [3.63, 3.8) is 0 Å².